The highest BCUT2D eigenvalue weighted by Crippen LogP contribution is 2.18. The molecule has 0 aromatic heterocycles. The van der Waals surface area contributed by atoms with Gasteiger partial charge in [0, 0.05) is 24.1 Å². The summed E-state index contributed by atoms with van der Waals surface area (Å²) < 4.78 is 4.82. The van der Waals surface area contributed by atoms with Crippen molar-refractivity contribution in [2.45, 2.75) is 11.8 Å². The molecule has 0 heterocycles. The second-order valence-corrected chi connectivity index (χ2v) is 5.09. The number of hydrogen-bond acceptors (Lipinski definition) is 4. The van der Waals surface area contributed by atoms with Crippen molar-refractivity contribution in [3.05, 3.63) is 29.3 Å². The van der Waals surface area contributed by atoms with Crippen LogP contribution in [-0.2, 0) is 9.53 Å². The van der Waals surface area contributed by atoms with Crippen molar-refractivity contribution in [3.63, 3.8) is 0 Å². The van der Waals surface area contributed by atoms with E-state index in [-0.39, 0.29) is 18.4 Å². The largest absolute Gasteiger partial charge is 0.383 e. The summed E-state index contributed by atoms with van der Waals surface area (Å²) in [6.07, 6.45) is 1.95. The van der Waals surface area contributed by atoms with Crippen LogP contribution in [0.15, 0.2) is 23.1 Å². The van der Waals surface area contributed by atoms with Crippen LogP contribution >= 0.6 is 11.8 Å². The Hall–Kier alpha value is -1.53. The fourth-order valence-electron chi connectivity index (χ4n) is 1.58. The lowest BCUT2D eigenvalue weighted by atomic mass is 10.1. The number of carbonyl (C=O) groups is 2. The Bertz CT molecular complexity index is 477. The molecule has 20 heavy (non-hydrogen) atoms. The van der Waals surface area contributed by atoms with Crippen molar-refractivity contribution in [2.24, 2.45) is 0 Å². The molecule has 0 saturated carbocycles. The number of aryl methyl sites for hydroxylation is 1. The molecule has 5 nitrogen and oxygen atoms in total. The van der Waals surface area contributed by atoms with E-state index in [2.05, 4.69) is 10.6 Å². The van der Waals surface area contributed by atoms with Gasteiger partial charge in [-0.3, -0.25) is 9.59 Å². The molecular weight excluding hydrogens is 276 g/mol. The minimum Gasteiger partial charge on any atom is -0.383 e. The van der Waals surface area contributed by atoms with E-state index in [1.807, 2.05) is 31.4 Å². The number of nitrogens with one attached hydrogen (secondary N) is 2. The normalized spacial score (nSPS) is 10.2. The number of ether oxygens (including phenoxy) is 1. The van der Waals surface area contributed by atoms with Gasteiger partial charge >= 0.3 is 0 Å². The Balaban J connectivity index is 2.52. The summed E-state index contributed by atoms with van der Waals surface area (Å²) in [5.74, 6) is -0.464. The van der Waals surface area contributed by atoms with E-state index in [1.165, 1.54) is 0 Å². The van der Waals surface area contributed by atoms with Crippen LogP contribution in [0.5, 0.6) is 0 Å². The van der Waals surface area contributed by atoms with Crippen molar-refractivity contribution in [1.29, 1.82) is 0 Å². The van der Waals surface area contributed by atoms with E-state index >= 15 is 0 Å². The van der Waals surface area contributed by atoms with Gasteiger partial charge in [0.2, 0.25) is 5.91 Å². The van der Waals surface area contributed by atoms with Crippen molar-refractivity contribution in [2.75, 3.05) is 33.1 Å². The Labute approximate surface area is 123 Å². The fraction of sp³-hybridized carbons (Fsp3) is 0.429. The van der Waals surface area contributed by atoms with Crippen LogP contribution in [0.2, 0.25) is 0 Å². The predicted molar refractivity (Wildman–Crippen MR) is 80.2 cm³/mol. The Kier molecular flexibility index (Phi) is 7.11. The maximum absolute atomic E-state index is 12.0. The first-order valence-electron chi connectivity index (χ1n) is 6.27. The number of amides is 2. The molecule has 6 heteroatoms. The average Bonchev–Trinajstić information content (AvgIpc) is 2.45. The quantitative estimate of drug-likeness (QED) is 0.586. The van der Waals surface area contributed by atoms with Gasteiger partial charge in [-0.15, -0.1) is 11.8 Å². The number of thioether (sulfide) groups is 1. The molecule has 0 radical (unpaired) electrons. The molecule has 1 aromatic rings. The van der Waals surface area contributed by atoms with Crippen molar-refractivity contribution in [3.8, 4) is 0 Å². The molecule has 0 aliphatic heterocycles. The summed E-state index contributed by atoms with van der Waals surface area (Å²) in [6, 6.07) is 5.70. The van der Waals surface area contributed by atoms with Crippen LogP contribution in [0.25, 0.3) is 0 Å². The highest BCUT2D eigenvalue weighted by atomic mass is 32.2. The molecular formula is C14H20N2O3S. The zero-order valence-corrected chi connectivity index (χ0v) is 12.8. The summed E-state index contributed by atoms with van der Waals surface area (Å²) >= 11 is 1.57. The number of hydrogen-bond donors (Lipinski definition) is 2. The number of methoxy groups -OCH3 is 1. The molecule has 0 aliphatic rings. The minimum absolute atomic E-state index is 0.0362. The van der Waals surface area contributed by atoms with Crippen molar-refractivity contribution in [1.82, 2.24) is 10.6 Å². The maximum Gasteiger partial charge on any atom is 0.252 e. The zero-order chi connectivity index (χ0) is 15.0. The molecule has 0 bridgehead atoms. The Morgan fingerprint density at radius 2 is 2.05 bits per heavy atom. The molecule has 0 fully saturated rings. The van der Waals surface area contributed by atoms with E-state index in [9.17, 15) is 9.59 Å². The van der Waals surface area contributed by atoms with Gasteiger partial charge < -0.3 is 15.4 Å². The monoisotopic (exact) mass is 296 g/mol. The fourth-order valence-corrected chi connectivity index (χ4v) is 2.02. The summed E-state index contributed by atoms with van der Waals surface area (Å²) in [6.45, 7) is 2.73. The van der Waals surface area contributed by atoms with E-state index in [0.29, 0.717) is 18.7 Å². The SMILES string of the molecule is COCCNC(=O)CNC(=O)c1cc(SC)ccc1C. The molecule has 2 N–H and O–H groups in total. The van der Waals surface area contributed by atoms with Crippen molar-refractivity contribution < 1.29 is 14.3 Å². The first-order valence-corrected chi connectivity index (χ1v) is 7.49. The molecule has 0 saturated heterocycles. The van der Waals surface area contributed by atoms with Crippen molar-refractivity contribution >= 4 is 23.6 Å². The second-order valence-electron chi connectivity index (χ2n) is 4.21. The first kappa shape index (κ1) is 16.5. The van der Waals surface area contributed by atoms with Gasteiger partial charge in [-0.05, 0) is 30.9 Å². The topological polar surface area (TPSA) is 67.4 Å². The standard InChI is InChI=1S/C14H20N2O3S/c1-10-4-5-11(20-3)8-12(10)14(18)16-9-13(17)15-6-7-19-2/h4-5,8H,6-7,9H2,1-3H3,(H,15,17)(H,16,18). The van der Waals surface area contributed by atoms with Crippen LogP contribution in [0, 0.1) is 6.92 Å². The predicted octanol–water partition coefficient (Wildman–Crippen LogP) is 1.21. The lowest BCUT2D eigenvalue weighted by Crippen LogP contribution is -2.38. The van der Waals surface area contributed by atoms with Gasteiger partial charge in [-0.2, -0.15) is 0 Å². The molecule has 110 valence electrons. The molecule has 1 aromatic carbocycles. The highest BCUT2D eigenvalue weighted by molar-refractivity contribution is 7.98. The number of benzene rings is 1. The lowest BCUT2D eigenvalue weighted by molar-refractivity contribution is -0.120. The number of rotatable bonds is 7. The third-order valence-electron chi connectivity index (χ3n) is 2.73. The molecule has 1 rings (SSSR count). The van der Waals surface area contributed by atoms with Gasteiger partial charge in [-0.1, -0.05) is 6.07 Å². The summed E-state index contributed by atoms with van der Waals surface area (Å²) in [4.78, 5) is 24.5. The maximum atomic E-state index is 12.0. The Morgan fingerprint density at radius 3 is 2.70 bits per heavy atom. The Morgan fingerprint density at radius 1 is 1.30 bits per heavy atom. The van der Waals surface area contributed by atoms with Crippen LogP contribution in [0.1, 0.15) is 15.9 Å². The average molecular weight is 296 g/mol. The zero-order valence-electron chi connectivity index (χ0n) is 12.0. The van der Waals surface area contributed by atoms with Gasteiger partial charge in [-0.25, -0.2) is 0 Å². The minimum atomic E-state index is -0.236. The highest BCUT2D eigenvalue weighted by Gasteiger charge is 2.11. The second kappa shape index (κ2) is 8.60. The van der Waals surface area contributed by atoms with E-state index in [1.54, 1.807) is 18.9 Å². The molecule has 2 amide bonds. The number of carbonyl (C=O) groups excluding carboxylic acids is 2. The molecule has 0 unspecified atom stereocenters. The summed E-state index contributed by atoms with van der Waals surface area (Å²) in [7, 11) is 1.56. The van der Waals surface area contributed by atoms with Crippen LogP contribution < -0.4 is 10.6 Å². The third kappa shape index (κ3) is 5.22. The smallest absolute Gasteiger partial charge is 0.252 e. The van der Waals surface area contributed by atoms with Gasteiger partial charge in [0.15, 0.2) is 0 Å². The van der Waals surface area contributed by atoms with Gasteiger partial charge in [0.05, 0.1) is 13.2 Å². The summed E-state index contributed by atoms with van der Waals surface area (Å²) in [5.41, 5.74) is 1.49. The molecule has 0 aliphatic carbocycles. The summed E-state index contributed by atoms with van der Waals surface area (Å²) in [5, 5.41) is 5.26. The molecule has 0 spiro atoms. The van der Waals surface area contributed by atoms with Crippen LogP contribution in [0.4, 0.5) is 0 Å². The van der Waals surface area contributed by atoms with Gasteiger partial charge in [0.25, 0.3) is 5.91 Å². The van der Waals surface area contributed by atoms with Crippen LogP contribution in [0.3, 0.4) is 0 Å². The van der Waals surface area contributed by atoms with Gasteiger partial charge in [0.1, 0.15) is 0 Å². The van der Waals surface area contributed by atoms with E-state index in [4.69, 9.17) is 4.74 Å². The van der Waals surface area contributed by atoms with E-state index in [0.717, 1.165) is 10.5 Å². The van der Waals surface area contributed by atoms with E-state index < -0.39 is 0 Å². The first-order chi connectivity index (χ1) is 9.58. The third-order valence-corrected chi connectivity index (χ3v) is 3.45. The van der Waals surface area contributed by atoms with Crippen LogP contribution in [-0.4, -0.2) is 44.9 Å². The molecule has 0 atom stereocenters. The lowest BCUT2D eigenvalue weighted by Gasteiger charge is -2.09.